The van der Waals surface area contributed by atoms with Crippen molar-refractivity contribution < 1.29 is 9.18 Å². The number of rotatable bonds is 7. The van der Waals surface area contributed by atoms with E-state index in [1.54, 1.807) is 17.6 Å². The van der Waals surface area contributed by atoms with Crippen LogP contribution in [-0.2, 0) is 13.6 Å². The van der Waals surface area contributed by atoms with Gasteiger partial charge in [0.15, 0.2) is 0 Å². The molecule has 0 radical (unpaired) electrons. The number of imidazole rings is 1. The maximum Gasteiger partial charge on any atom is 0.251 e. The molecule has 3 heterocycles. The third-order valence-corrected chi connectivity index (χ3v) is 6.91. The number of hydrogen-bond donors (Lipinski definition) is 2. The predicted octanol–water partition coefficient (Wildman–Crippen LogP) is 3.68. The lowest BCUT2D eigenvalue weighted by atomic mass is 10.0. The molecule has 0 unspecified atom stereocenters. The van der Waals surface area contributed by atoms with Gasteiger partial charge >= 0.3 is 0 Å². The number of nitrogens with one attached hydrogen (secondary N) is 2. The van der Waals surface area contributed by atoms with E-state index in [0.717, 1.165) is 50.0 Å². The van der Waals surface area contributed by atoms with Crippen LogP contribution in [0.25, 0.3) is 0 Å². The average Bonchev–Trinajstić information content (AvgIpc) is 3.43. The summed E-state index contributed by atoms with van der Waals surface area (Å²) in [7, 11) is 1.85. The van der Waals surface area contributed by atoms with Crippen LogP contribution in [0.3, 0.4) is 0 Å². The number of hydrogen-bond acceptors (Lipinski definition) is 4. The van der Waals surface area contributed by atoms with Crippen molar-refractivity contribution in [1.82, 2.24) is 19.4 Å². The molecule has 1 saturated heterocycles. The van der Waals surface area contributed by atoms with Crippen molar-refractivity contribution in [3.05, 3.63) is 76.7 Å². The van der Waals surface area contributed by atoms with E-state index in [2.05, 4.69) is 21.3 Å². The molecule has 2 N–H and O–H groups in total. The predicted molar refractivity (Wildman–Crippen MR) is 128 cm³/mol. The molecule has 178 valence electrons. The van der Waals surface area contributed by atoms with Gasteiger partial charge in [0, 0.05) is 43.8 Å². The number of carbonyl (C=O) groups excluding carboxylic acids is 1. The number of halogens is 1. The quantitative estimate of drug-likeness (QED) is 0.562. The number of aromatic nitrogens is 3. The van der Waals surface area contributed by atoms with E-state index < -0.39 is 0 Å². The van der Waals surface area contributed by atoms with Crippen LogP contribution in [0.15, 0.2) is 42.9 Å². The molecule has 1 saturated carbocycles. The van der Waals surface area contributed by atoms with Gasteiger partial charge < -0.3 is 19.4 Å². The second-order valence-electron chi connectivity index (χ2n) is 9.59. The van der Waals surface area contributed by atoms with Crippen LogP contribution >= 0.6 is 0 Å². The zero-order chi connectivity index (χ0) is 23.8. The van der Waals surface area contributed by atoms with Gasteiger partial charge in [-0.05, 0) is 73.9 Å². The molecule has 8 heteroatoms. The Bertz CT molecular complexity index is 1270. The normalized spacial score (nSPS) is 16.6. The fourth-order valence-electron chi connectivity index (χ4n) is 4.72. The Hall–Kier alpha value is -3.42. The first-order chi connectivity index (χ1) is 16.4. The molecule has 2 aliphatic rings. The first-order valence-electron chi connectivity index (χ1n) is 12.0. The number of amides is 1. The minimum absolute atomic E-state index is 0.146. The summed E-state index contributed by atoms with van der Waals surface area (Å²) in [4.78, 5) is 20.1. The largest absolute Gasteiger partial charge is 0.372 e. The van der Waals surface area contributed by atoms with Crippen molar-refractivity contribution >= 4 is 11.6 Å². The second-order valence-corrected chi connectivity index (χ2v) is 9.59. The maximum absolute atomic E-state index is 13.8. The van der Waals surface area contributed by atoms with Gasteiger partial charge in [0.2, 0.25) is 5.62 Å². The number of benzene rings is 1. The molecule has 5 rings (SSSR count). The Morgan fingerprint density at radius 3 is 2.62 bits per heavy atom. The molecule has 1 aromatic carbocycles. The summed E-state index contributed by atoms with van der Waals surface area (Å²) in [5.74, 6) is -0.153. The summed E-state index contributed by atoms with van der Waals surface area (Å²) in [6.07, 6.45) is 9.34. The molecule has 2 fully saturated rings. The third-order valence-electron chi connectivity index (χ3n) is 6.91. The molecule has 34 heavy (non-hydrogen) atoms. The molecular weight excluding hydrogens is 431 g/mol. The zero-order valence-electron chi connectivity index (χ0n) is 19.7. The van der Waals surface area contributed by atoms with E-state index in [-0.39, 0.29) is 17.8 Å². The molecule has 1 aliphatic carbocycles. The lowest BCUT2D eigenvalue weighted by Gasteiger charge is -2.22. The number of carbonyl (C=O) groups is 1. The molecular formula is C26H31FN6O. The third kappa shape index (κ3) is 4.62. The van der Waals surface area contributed by atoms with E-state index in [1.165, 1.54) is 6.20 Å². The van der Waals surface area contributed by atoms with Crippen LogP contribution in [0.2, 0.25) is 0 Å². The van der Waals surface area contributed by atoms with Crippen LogP contribution in [0.1, 0.15) is 58.9 Å². The van der Waals surface area contributed by atoms with Crippen molar-refractivity contribution in [2.24, 2.45) is 13.0 Å². The second kappa shape index (κ2) is 9.08. The van der Waals surface area contributed by atoms with Gasteiger partial charge in [0.1, 0.15) is 5.82 Å². The van der Waals surface area contributed by atoms with Gasteiger partial charge in [-0.2, -0.15) is 0 Å². The van der Waals surface area contributed by atoms with Gasteiger partial charge in [-0.1, -0.05) is 0 Å². The van der Waals surface area contributed by atoms with Gasteiger partial charge in [0.25, 0.3) is 5.91 Å². The van der Waals surface area contributed by atoms with Crippen LogP contribution < -0.4 is 15.8 Å². The van der Waals surface area contributed by atoms with Crippen LogP contribution in [0.5, 0.6) is 0 Å². The first kappa shape index (κ1) is 22.4. The van der Waals surface area contributed by atoms with Crippen molar-refractivity contribution in [3.63, 3.8) is 0 Å². The summed E-state index contributed by atoms with van der Waals surface area (Å²) >= 11 is 0. The Labute approximate surface area is 198 Å². The standard InChI is InChI=1S/C26H31FN6O/c1-17-11-23(29-15-22(17)27)24(19-5-6-19)30-25(34)20-12-18(16-33-10-9-31(2)26(33)28)13-21(14-20)32-7-3-4-8-32/h9-15,19,24,28H,3-8,16H2,1-2H3,(H,30,34)/t24-/m0/s1. The van der Waals surface area contributed by atoms with Gasteiger partial charge in [-0.15, -0.1) is 0 Å². The molecule has 1 aliphatic heterocycles. The minimum Gasteiger partial charge on any atom is -0.372 e. The molecule has 1 amide bonds. The summed E-state index contributed by atoms with van der Waals surface area (Å²) in [6, 6.07) is 7.53. The zero-order valence-corrected chi connectivity index (χ0v) is 19.7. The van der Waals surface area contributed by atoms with Crippen molar-refractivity contribution in [2.45, 2.75) is 45.2 Å². The van der Waals surface area contributed by atoms with Crippen molar-refractivity contribution in [2.75, 3.05) is 18.0 Å². The van der Waals surface area contributed by atoms with E-state index in [0.29, 0.717) is 34.9 Å². The molecule has 0 spiro atoms. The van der Waals surface area contributed by atoms with E-state index in [9.17, 15) is 9.18 Å². The summed E-state index contributed by atoms with van der Waals surface area (Å²) in [5, 5.41) is 11.5. The van der Waals surface area contributed by atoms with Crippen molar-refractivity contribution in [1.29, 1.82) is 5.41 Å². The Balaban J connectivity index is 1.45. The summed E-state index contributed by atoms with van der Waals surface area (Å²) in [5.41, 5.74) is 4.29. The fraction of sp³-hybridized carbons (Fsp3) is 0.423. The van der Waals surface area contributed by atoms with Gasteiger partial charge in [-0.3, -0.25) is 15.2 Å². The highest BCUT2D eigenvalue weighted by Gasteiger charge is 2.35. The van der Waals surface area contributed by atoms with Gasteiger partial charge in [-0.25, -0.2) is 4.39 Å². The van der Waals surface area contributed by atoms with Crippen molar-refractivity contribution in [3.8, 4) is 0 Å². The number of nitrogens with zero attached hydrogens (tertiary/aromatic N) is 4. The summed E-state index contributed by atoms with van der Waals surface area (Å²) < 4.78 is 17.4. The smallest absolute Gasteiger partial charge is 0.251 e. The SMILES string of the molecule is Cc1cc([C@@H](NC(=O)c2cc(Cn3ccn(C)c3=N)cc(N3CCCC3)c2)C2CC2)ncc1F. The Kier molecular flexibility index (Phi) is 5.98. The lowest BCUT2D eigenvalue weighted by Crippen LogP contribution is -2.31. The van der Waals surface area contributed by atoms with E-state index in [1.807, 2.05) is 36.1 Å². The average molecular weight is 463 g/mol. The summed E-state index contributed by atoms with van der Waals surface area (Å²) in [6.45, 7) is 4.21. The fourth-order valence-corrected chi connectivity index (χ4v) is 4.72. The topological polar surface area (TPSA) is 78.9 Å². The van der Waals surface area contributed by atoms with E-state index in [4.69, 9.17) is 5.41 Å². The number of anilines is 1. The van der Waals surface area contributed by atoms with Crippen LogP contribution in [0.4, 0.5) is 10.1 Å². The molecule has 7 nitrogen and oxygen atoms in total. The monoisotopic (exact) mass is 462 g/mol. The van der Waals surface area contributed by atoms with Crippen LogP contribution in [0, 0.1) is 24.1 Å². The minimum atomic E-state index is -0.334. The first-order valence-corrected chi connectivity index (χ1v) is 12.0. The highest BCUT2D eigenvalue weighted by molar-refractivity contribution is 5.95. The molecule has 1 atom stereocenters. The van der Waals surface area contributed by atoms with E-state index >= 15 is 0 Å². The Morgan fingerprint density at radius 2 is 1.97 bits per heavy atom. The Morgan fingerprint density at radius 1 is 1.21 bits per heavy atom. The molecule has 3 aromatic rings. The molecule has 0 bridgehead atoms. The lowest BCUT2D eigenvalue weighted by molar-refractivity contribution is 0.0930. The molecule has 2 aromatic heterocycles. The van der Waals surface area contributed by atoms with Gasteiger partial charge in [0.05, 0.1) is 24.5 Å². The number of pyridine rings is 1. The maximum atomic E-state index is 13.8. The highest BCUT2D eigenvalue weighted by Crippen LogP contribution is 2.41. The number of aryl methyl sites for hydroxylation is 2. The van der Waals surface area contributed by atoms with Crippen LogP contribution in [-0.4, -0.2) is 33.1 Å². The highest BCUT2D eigenvalue weighted by atomic mass is 19.1.